The molecule has 1 atom stereocenters. The van der Waals surface area contributed by atoms with Crippen LogP contribution in [0.5, 0.6) is 0 Å². The average molecular weight is 332 g/mol. The molecule has 1 aromatic carbocycles. The van der Waals surface area contributed by atoms with Crippen molar-refractivity contribution in [1.82, 2.24) is 4.98 Å². The number of thiazole rings is 1. The second-order valence-corrected chi connectivity index (χ2v) is 8.08. The first-order valence-corrected chi connectivity index (χ1v) is 9.52. The van der Waals surface area contributed by atoms with Crippen LogP contribution in [0.25, 0.3) is 11.3 Å². The number of nitrogens with one attached hydrogen (secondary N) is 1. The van der Waals surface area contributed by atoms with E-state index in [2.05, 4.69) is 10.3 Å². The smallest absolute Gasteiger partial charge is 0.238 e. The van der Waals surface area contributed by atoms with E-state index < -0.39 is 0 Å². The zero-order chi connectivity index (χ0) is 15.4. The fourth-order valence-corrected chi connectivity index (χ4v) is 4.74. The normalized spacial score (nSPS) is 16.6. The number of thioether (sulfide) groups is 1. The minimum Gasteiger partial charge on any atom is -0.301 e. The number of amides is 1. The van der Waals surface area contributed by atoms with E-state index in [1.54, 1.807) is 11.8 Å². The Morgan fingerprint density at radius 2 is 2.05 bits per heavy atom. The van der Waals surface area contributed by atoms with Crippen LogP contribution in [0.15, 0.2) is 35.7 Å². The van der Waals surface area contributed by atoms with Gasteiger partial charge in [0, 0.05) is 16.2 Å². The van der Waals surface area contributed by atoms with Gasteiger partial charge >= 0.3 is 0 Å². The lowest BCUT2D eigenvalue weighted by Gasteiger charge is -2.14. The maximum absolute atomic E-state index is 12.3. The van der Waals surface area contributed by atoms with E-state index >= 15 is 0 Å². The van der Waals surface area contributed by atoms with Crippen molar-refractivity contribution in [3.8, 4) is 11.3 Å². The molecule has 1 aromatic heterocycles. The van der Waals surface area contributed by atoms with Gasteiger partial charge in [0.1, 0.15) is 0 Å². The number of benzene rings is 1. The van der Waals surface area contributed by atoms with Crippen molar-refractivity contribution in [3.05, 3.63) is 35.7 Å². The van der Waals surface area contributed by atoms with E-state index in [9.17, 15) is 4.79 Å². The molecule has 1 aliphatic rings. The first-order valence-electron chi connectivity index (χ1n) is 7.69. The molecule has 0 aliphatic heterocycles. The molecule has 116 valence electrons. The van der Waals surface area contributed by atoms with E-state index in [1.807, 2.05) is 42.6 Å². The van der Waals surface area contributed by atoms with E-state index in [0.29, 0.717) is 10.4 Å². The number of rotatable bonds is 5. The number of hydrogen-bond acceptors (Lipinski definition) is 4. The Kier molecular flexibility index (Phi) is 5.16. The monoisotopic (exact) mass is 332 g/mol. The maximum atomic E-state index is 12.3. The van der Waals surface area contributed by atoms with Gasteiger partial charge in [0.15, 0.2) is 5.13 Å². The minimum absolute atomic E-state index is 0.0211. The molecular weight excluding hydrogens is 312 g/mol. The Balaban J connectivity index is 1.58. The SMILES string of the molecule is C[C@H](SC1CCCC1)C(=O)Nc1nc(-c2ccccc2)cs1. The second kappa shape index (κ2) is 7.29. The lowest BCUT2D eigenvalue weighted by Crippen LogP contribution is -2.24. The average Bonchev–Trinajstić information content (AvgIpc) is 3.20. The molecule has 5 heteroatoms. The van der Waals surface area contributed by atoms with Gasteiger partial charge in [0.25, 0.3) is 0 Å². The molecule has 0 unspecified atom stereocenters. The fraction of sp³-hybridized carbons (Fsp3) is 0.412. The number of hydrogen-bond donors (Lipinski definition) is 1. The highest BCUT2D eigenvalue weighted by molar-refractivity contribution is 8.01. The van der Waals surface area contributed by atoms with Gasteiger partial charge < -0.3 is 5.32 Å². The molecule has 1 saturated carbocycles. The predicted octanol–water partition coefficient (Wildman–Crippen LogP) is 4.81. The summed E-state index contributed by atoms with van der Waals surface area (Å²) < 4.78 is 0. The molecule has 3 nitrogen and oxygen atoms in total. The molecule has 1 heterocycles. The van der Waals surface area contributed by atoms with Crippen molar-refractivity contribution >= 4 is 34.1 Å². The molecule has 1 aliphatic carbocycles. The summed E-state index contributed by atoms with van der Waals surface area (Å²) in [5.74, 6) is 0.0610. The zero-order valence-corrected chi connectivity index (χ0v) is 14.3. The van der Waals surface area contributed by atoms with Crippen LogP contribution < -0.4 is 5.32 Å². The Bertz CT molecular complexity index is 621. The van der Waals surface area contributed by atoms with Gasteiger partial charge in [-0.3, -0.25) is 4.79 Å². The molecule has 2 aromatic rings. The third-order valence-electron chi connectivity index (χ3n) is 3.87. The molecule has 1 fully saturated rings. The summed E-state index contributed by atoms with van der Waals surface area (Å²) in [5, 5.41) is 6.25. The first kappa shape index (κ1) is 15.6. The Hall–Kier alpha value is -1.33. The number of carbonyl (C=O) groups is 1. The van der Waals surface area contributed by atoms with E-state index in [-0.39, 0.29) is 11.2 Å². The van der Waals surface area contributed by atoms with Gasteiger partial charge in [-0.15, -0.1) is 23.1 Å². The molecule has 0 bridgehead atoms. The van der Waals surface area contributed by atoms with Gasteiger partial charge in [0.05, 0.1) is 10.9 Å². The van der Waals surface area contributed by atoms with Crippen LogP contribution in [0, 0.1) is 0 Å². The molecule has 3 rings (SSSR count). The van der Waals surface area contributed by atoms with E-state index in [4.69, 9.17) is 0 Å². The molecule has 1 N–H and O–H groups in total. The van der Waals surface area contributed by atoms with E-state index in [0.717, 1.165) is 11.3 Å². The molecular formula is C17H20N2OS2. The van der Waals surface area contributed by atoms with Gasteiger partial charge in [-0.05, 0) is 19.8 Å². The quantitative estimate of drug-likeness (QED) is 0.854. The van der Waals surface area contributed by atoms with E-state index in [1.165, 1.54) is 37.0 Å². The first-order chi connectivity index (χ1) is 10.7. The lowest BCUT2D eigenvalue weighted by atomic mass is 10.2. The van der Waals surface area contributed by atoms with Crippen LogP contribution in [0.4, 0.5) is 5.13 Å². The highest BCUT2D eigenvalue weighted by atomic mass is 32.2. The zero-order valence-electron chi connectivity index (χ0n) is 12.6. The fourth-order valence-electron chi connectivity index (χ4n) is 2.65. The highest BCUT2D eigenvalue weighted by Gasteiger charge is 2.23. The molecule has 1 amide bonds. The van der Waals surface area contributed by atoms with Gasteiger partial charge in [-0.2, -0.15) is 0 Å². The van der Waals surface area contributed by atoms with Crippen LogP contribution in [0.3, 0.4) is 0 Å². The number of nitrogens with zero attached hydrogens (tertiary/aromatic N) is 1. The summed E-state index contributed by atoms with van der Waals surface area (Å²) in [6.07, 6.45) is 5.10. The van der Waals surface area contributed by atoms with Crippen molar-refractivity contribution in [3.63, 3.8) is 0 Å². The summed E-state index contributed by atoms with van der Waals surface area (Å²) in [4.78, 5) is 16.8. The number of carbonyl (C=O) groups excluding carboxylic acids is 1. The third-order valence-corrected chi connectivity index (χ3v) is 6.11. The van der Waals surface area contributed by atoms with Crippen LogP contribution in [0.1, 0.15) is 32.6 Å². The summed E-state index contributed by atoms with van der Waals surface area (Å²) in [7, 11) is 0. The number of anilines is 1. The summed E-state index contributed by atoms with van der Waals surface area (Å²) in [6, 6.07) is 10.0. The standard InChI is InChI=1S/C17H20N2OS2/c1-12(22-14-9-5-6-10-14)16(20)19-17-18-15(11-21-17)13-7-3-2-4-8-13/h2-4,7-8,11-12,14H,5-6,9-10H2,1H3,(H,18,19,20)/t12-/m0/s1. The Labute approximate surface area is 139 Å². The molecule has 22 heavy (non-hydrogen) atoms. The van der Waals surface area contributed by atoms with Crippen LogP contribution in [-0.2, 0) is 4.79 Å². The van der Waals surface area contributed by atoms with Crippen molar-refractivity contribution in [1.29, 1.82) is 0 Å². The largest absolute Gasteiger partial charge is 0.301 e. The van der Waals surface area contributed by atoms with Crippen LogP contribution >= 0.6 is 23.1 Å². The Morgan fingerprint density at radius 3 is 2.77 bits per heavy atom. The minimum atomic E-state index is -0.0211. The summed E-state index contributed by atoms with van der Waals surface area (Å²) in [6.45, 7) is 1.99. The molecule has 0 saturated heterocycles. The molecule has 0 spiro atoms. The highest BCUT2D eigenvalue weighted by Crippen LogP contribution is 2.33. The van der Waals surface area contributed by atoms with Gasteiger partial charge in [-0.25, -0.2) is 4.98 Å². The van der Waals surface area contributed by atoms with Gasteiger partial charge in [-0.1, -0.05) is 43.2 Å². The lowest BCUT2D eigenvalue weighted by molar-refractivity contribution is -0.115. The second-order valence-electron chi connectivity index (χ2n) is 5.58. The van der Waals surface area contributed by atoms with Crippen LogP contribution in [0.2, 0.25) is 0 Å². The molecule has 0 radical (unpaired) electrons. The summed E-state index contributed by atoms with van der Waals surface area (Å²) >= 11 is 3.28. The Morgan fingerprint density at radius 1 is 1.32 bits per heavy atom. The maximum Gasteiger partial charge on any atom is 0.238 e. The topological polar surface area (TPSA) is 42.0 Å². The predicted molar refractivity (Wildman–Crippen MR) is 95.5 cm³/mol. The van der Waals surface area contributed by atoms with Crippen molar-refractivity contribution < 1.29 is 4.79 Å². The van der Waals surface area contributed by atoms with Crippen LogP contribution in [-0.4, -0.2) is 21.4 Å². The third kappa shape index (κ3) is 3.90. The van der Waals surface area contributed by atoms with Crippen molar-refractivity contribution in [2.24, 2.45) is 0 Å². The van der Waals surface area contributed by atoms with Crippen molar-refractivity contribution in [2.75, 3.05) is 5.32 Å². The summed E-state index contributed by atoms with van der Waals surface area (Å²) in [5.41, 5.74) is 1.99. The van der Waals surface area contributed by atoms with Gasteiger partial charge in [0.2, 0.25) is 5.91 Å². The number of aromatic nitrogens is 1. The van der Waals surface area contributed by atoms with Crippen molar-refractivity contribution in [2.45, 2.75) is 43.1 Å².